The summed E-state index contributed by atoms with van der Waals surface area (Å²) in [7, 11) is 0. The molecule has 0 amide bonds. The van der Waals surface area contributed by atoms with E-state index in [-0.39, 0.29) is 0 Å². The van der Waals surface area contributed by atoms with Crippen LogP contribution < -0.4 is 9.47 Å². The molecule has 0 bridgehead atoms. The van der Waals surface area contributed by atoms with Gasteiger partial charge in [-0.15, -0.1) is 0 Å². The Balaban J connectivity index is 1.39. The number of unbranched alkanes of at least 4 members (excludes halogenated alkanes) is 1. The molecule has 2 heterocycles. The van der Waals surface area contributed by atoms with Crippen molar-refractivity contribution in [2.24, 2.45) is 5.10 Å². The van der Waals surface area contributed by atoms with Crippen LogP contribution in [0.5, 0.6) is 11.5 Å². The minimum atomic E-state index is 0.635. The normalized spacial score (nSPS) is 14.8. The van der Waals surface area contributed by atoms with Crippen LogP contribution in [-0.4, -0.2) is 46.7 Å². The van der Waals surface area contributed by atoms with E-state index in [0.29, 0.717) is 13.2 Å². The summed E-state index contributed by atoms with van der Waals surface area (Å²) in [5.41, 5.74) is 0.982. The van der Waals surface area contributed by atoms with Crippen molar-refractivity contribution in [1.82, 2.24) is 14.6 Å². The third-order valence-corrected chi connectivity index (χ3v) is 5.50. The van der Waals surface area contributed by atoms with Crippen molar-refractivity contribution in [3.05, 3.63) is 78.9 Å². The summed E-state index contributed by atoms with van der Waals surface area (Å²) in [6.45, 7) is 3.30. The van der Waals surface area contributed by atoms with Crippen LogP contribution >= 0.6 is 0 Å². The quantitative estimate of drug-likeness (QED) is 0.265. The van der Waals surface area contributed by atoms with Gasteiger partial charge in [-0.05, 0) is 49.9 Å². The van der Waals surface area contributed by atoms with Gasteiger partial charge in [0.15, 0.2) is 5.84 Å². The predicted octanol–water partition coefficient (Wildman–Crippen LogP) is 5.21. The molecule has 0 radical (unpaired) electrons. The number of hydrogen-bond acceptors (Lipinski definition) is 5. The summed E-state index contributed by atoms with van der Waals surface area (Å²) in [6, 6.07) is 18.1. The standard InChI is InChI=1S/C26H32N4O2/c1-2-9-18-30(17-8-1)28-26(29-19-16-27-22-29)24-14-6-7-15-25(24)32-21-11-10-20-31-23-12-4-3-5-13-23/h3-7,12-16,19,22H,1-2,8-11,17-18,20-21H2. The summed E-state index contributed by atoms with van der Waals surface area (Å²) in [4.78, 5) is 4.24. The van der Waals surface area contributed by atoms with Gasteiger partial charge in [0.25, 0.3) is 0 Å². The molecular formula is C26H32N4O2. The molecule has 2 aromatic carbocycles. The molecule has 1 aliphatic rings. The first-order valence-corrected chi connectivity index (χ1v) is 11.6. The van der Waals surface area contributed by atoms with Crippen LogP contribution in [0.15, 0.2) is 78.4 Å². The van der Waals surface area contributed by atoms with E-state index in [1.807, 2.05) is 59.3 Å². The van der Waals surface area contributed by atoms with Gasteiger partial charge in [-0.25, -0.2) is 4.98 Å². The number of rotatable bonds is 9. The van der Waals surface area contributed by atoms with Gasteiger partial charge in [-0.2, -0.15) is 5.10 Å². The molecule has 0 atom stereocenters. The van der Waals surface area contributed by atoms with Gasteiger partial charge in [0.05, 0.1) is 18.8 Å². The van der Waals surface area contributed by atoms with Crippen LogP contribution in [0.25, 0.3) is 0 Å². The third kappa shape index (κ3) is 6.36. The highest BCUT2D eigenvalue weighted by atomic mass is 16.5. The molecule has 0 unspecified atom stereocenters. The van der Waals surface area contributed by atoms with Gasteiger partial charge in [-0.1, -0.05) is 43.2 Å². The fourth-order valence-electron chi connectivity index (χ4n) is 3.79. The molecule has 168 valence electrons. The number of benzene rings is 2. The lowest BCUT2D eigenvalue weighted by atomic mass is 10.1. The molecule has 0 N–H and O–H groups in total. The lowest BCUT2D eigenvalue weighted by molar-refractivity contribution is 0.266. The van der Waals surface area contributed by atoms with Crippen molar-refractivity contribution in [2.75, 3.05) is 26.3 Å². The molecule has 1 aliphatic heterocycles. The fourth-order valence-corrected chi connectivity index (χ4v) is 3.79. The highest BCUT2D eigenvalue weighted by Crippen LogP contribution is 2.22. The molecule has 4 rings (SSSR count). The van der Waals surface area contributed by atoms with Gasteiger partial charge < -0.3 is 9.47 Å². The van der Waals surface area contributed by atoms with Crippen molar-refractivity contribution >= 4 is 5.84 Å². The average molecular weight is 433 g/mol. The smallest absolute Gasteiger partial charge is 0.169 e. The summed E-state index contributed by atoms with van der Waals surface area (Å²) in [6.07, 6.45) is 12.3. The SMILES string of the molecule is c1ccc(OCCCCOc2ccccc2C(=NN2CCCCCC2)n2ccnc2)cc1. The van der Waals surface area contributed by atoms with E-state index in [2.05, 4.69) is 16.1 Å². The van der Waals surface area contributed by atoms with E-state index in [0.717, 1.165) is 48.8 Å². The molecule has 1 fully saturated rings. The van der Waals surface area contributed by atoms with Crippen LogP contribution in [0, 0.1) is 0 Å². The Hall–Kier alpha value is -3.28. The second-order valence-electron chi connectivity index (χ2n) is 7.97. The first-order valence-electron chi connectivity index (χ1n) is 11.6. The average Bonchev–Trinajstić information content (AvgIpc) is 3.25. The van der Waals surface area contributed by atoms with Crippen molar-refractivity contribution in [3.8, 4) is 11.5 Å². The van der Waals surface area contributed by atoms with Gasteiger partial charge >= 0.3 is 0 Å². The van der Waals surface area contributed by atoms with E-state index in [9.17, 15) is 0 Å². The second-order valence-corrected chi connectivity index (χ2v) is 7.97. The van der Waals surface area contributed by atoms with Crippen molar-refractivity contribution in [1.29, 1.82) is 0 Å². The minimum Gasteiger partial charge on any atom is -0.494 e. The number of nitrogens with zero attached hydrogens (tertiary/aromatic N) is 4. The Bertz CT molecular complexity index is 949. The van der Waals surface area contributed by atoms with Crippen molar-refractivity contribution in [3.63, 3.8) is 0 Å². The van der Waals surface area contributed by atoms with Crippen LogP contribution in [0.3, 0.4) is 0 Å². The number of imidazole rings is 1. The zero-order valence-electron chi connectivity index (χ0n) is 18.6. The molecule has 3 aromatic rings. The molecule has 0 saturated carbocycles. The maximum Gasteiger partial charge on any atom is 0.169 e. The van der Waals surface area contributed by atoms with E-state index < -0.39 is 0 Å². The van der Waals surface area contributed by atoms with Gasteiger partial charge in [0, 0.05) is 25.5 Å². The predicted molar refractivity (Wildman–Crippen MR) is 127 cm³/mol. The fraction of sp³-hybridized carbons (Fsp3) is 0.385. The van der Waals surface area contributed by atoms with E-state index in [4.69, 9.17) is 14.6 Å². The minimum absolute atomic E-state index is 0.635. The molecule has 0 spiro atoms. The van der Waals surface area contributed by atoms with E-state index in [1.165, 1.54) is 25.7 Å². The van der Waals surface area contributed by atoms with Crippen LogP contribution in [0.1, 0.15) is 44.1 Å². The third-order valence-electron chi connectivity index (χ3n) is 5.50. The molecule has 6 nitrogen and oxygen atoms in total. The zero-order chi connectivity index (χ0) is 21.8. The maximum atomic E-state index is 6.19. The monoisotopic (exact) mass is 432 g/mol. The van der Waals surface area contributed by atoms with Crippen molar-refractivity contribution < 1.29 is 9.47 Å². The first kappa shape index (κ1) is 21.9. The highest BCUT2D eigenvalue weighted by molar-refractivity contribution is 6.02. The van der Waals surface area contributed by atoms with Gasteiger partial charge in [-0.3, -0.25) is 9.58 Å². The summed E-state index contributed by atoms with van der Waals surface area (Å²) in [5, 5.41) is 7.23. The second kappa shape index (κ2) is 11.9. The van der Waals surface area contributed by atoms with Crippen LogP contribution in [-0.2, 0) is 0 Å². The number of ether oxygens (including phenoxy) is 2. The Kier molecular flexibility index (Phi) is 8.18. The molecule has 32 heavy (non-hydrogen) atoms. The summed E-state index contributed by atoms with van der Waals surface area (Å²) < 4.78 is 13.9. The number of para-hydroxylation sites is 2. The number of aromatic nitrogens is 2. The number of hydrogen-bond donors (Lipinski definition) is 0. The lowest BCUT2D eigenvalue weighted by Crippen LogP contribution is -2.24. The van der Waals surface area contributed by atoms with E-state index in [1.54, 1.807) is 12.5 Å². The Labute approximate surface area is 190 Å². The molecule has 0 aliphatic carbocycles. The van der Waals surface area contributed by atoms with Gasteiger partial charge in [0.2, 0.25) is 0 Å². The summed E-state index contributed by atoms with van der Waals surface area (Å²) >= 11 is 0. The maximum absolute atomic E-state index is 6.19. The summed E-state index contributed by atoms with van der Waals surface area (Å²) in [5.74, 6) is 2.61. The molecule has 1 saturated heterocycles. The highest BCUT2D eigenvalue weighted by Gasteiger charge is 2.15. The lowest BCUT2D eigenvalue weighted by Gasteiger charge is -2.20. The largest absolute Gasteiger partial charge is 0.494 e. The zero-order valence-corrected chi connectivity index (χ0v) is 18.6. The topological polar surface area (TPSA) is 51.9 Å². The van der Waals surface area contributed by atoms with Gasteiger partial charge in [0.1, 0.15) is 17.8 Å². The van der Waals surface area contributed by atoms with Crippen LogP contribution in [0.4, 0.5) is 0 Å². The first-order chi connectivity index (χ1) is 15.9. The van der Waals surface area contributed by atoms with Crippen molar-refractivity contribution in [2.45, 2.75) is 38.5 Å². The van der Waals surface area contributed by atoms with E-state index >= 15 is 0 Å². The molecule has 1 aromatic heterocycles. The number of hydrazone groups is 1. The molecular weight excluding hydrogens is 400 g/mol. The Morgan fingerprint density at radius 2 is 1.56 bits per heavy atom. The Morgan fingerprint density at radius 1 is 0.844 bits per heavy atom. The van der Waals surface area contributed by atoms with Crippen LogP contribution in [0.2, 0.25) is 0 Å². The Morgan fingerprint density at radius 3 is 2.31 bits per heavy atom. The molecule has 6 heteroatoms.